The van der Waals surface area contributed by atoms with E-state index in [9.17, 15) is 14.0 Å². The summed E-state index contributed by atoms with van der Waals surface area (Å²) in [5, 5.41) is 5.68. The molecule has 4 aromatic carbocycles. The van der Waals surface area contributed by atoms with Gasteiger partial charge in [-0.2, -0.15) is 0 Å². The molecule has 0 aliphatic heterocycles. The maximum atomic E-state index is 12.4. The minimum absolute atomic E-state index is 0.164. The monoisotopic (exact) mass is 498 g/mol. The van der Waals surface area contributed by atoms with Crippen LogP contribution in [0, 0.1) is 0 Å². The molecule has 0 bridgehead atoms. The van der Waals surface area contributed by atoms with Crippen LogP contribution in [0.1, 0.15) is 29.6 Å². The van der Waals surface area contributed by atoms with Gasteiger partial charge in [0, 0.05) is 41.6 Å². The molecule has 2 amide bonds. The topological polar surface area (TPSA) is 76.7 Å². The highest BCUT2D eigenvalue weighted by atomic mass is 19.1. The summed E-state index contributed by atoms with van der Waals surface area (Å²) in [7, 11) is 0. The number of rotatable bonds is 11. The molecule has 4 rings (SSSR count). The molecule has 0 fully saturated rings. The second kappa shape index (κ2) is 12.9. The number of amides is 2. The molecular formula is C30H27FN2O4. The number of hydrogen-bond donors (Lipinski definition) is 2. The number of halogens is 1. The predicted molar refractivity (Wildman–Crippen MR) is 142 cm³/mol. The number of carbonyl (C=O) groups excluding carboxylic acids is 2. The number of carbonyl (C=O) groups is 2. The quantitative estimate of drug-likeness (QED) is 0.209. The van der Waals surface area contributed by atoms with E-state index in [0.717, 1.165) is 0 Å². The lowest BCUT2D eigenvalue weighted by atomic mass is 10.2. The molecule has 4 aromatic rings. The summed E-state index contributed by atoms with van der Waals surface area (Å²) in [5.74, 6) is 1.85. The number of unbranched alkanes of at least 4 members (excludes halogenated alkanes) is 1. The first-order chi connectivity index (χ1) is 18.1. The number of benzene rings is 4. The third kappa shape index (κ3) is 7.93. The van der Waals surface area contributed by atoms with Crippen molar-refractivity contribution in [3.05, 3.63) is 109 Å². The molecule has 188 valence electrons. The molecule has 7 heteroatoms. The Bertz CT molecular complexity index is 1340. The van der Waals surface area contributed by atoms with Crippen LogP contribution >= 0.6 is 0 Å². The number of nitrogens with one attached hydrogen (secondary N) is 2. The number of hydrogen-bond acceptors (Lipinski definition) is 4. The van der Waals surface area contributed by atoms with Crippen LogP contribution < -0.4 is 20.1 Å². The van der Waals surface area contributed by atoms with Crippen molar-refractivity contribution < 1.29 is 23.5 Å². The van der Waals surface area contributed by atoms with Gasteiger partial charge >= 0.3 is 0 Å². The van der Waals surface area contributed by atoms with Crippen molar-refractivity contribution in [2.45, 2.75) is 19.3 Å². The Morgan fingerprint density at radius 1 is 0.622 bits per heavy atom. The zero-order chi connectivity index (χ0) is 25.9. The Morgan fingerprint density at radius 3 is 1.76 bits per heavy atom. The van der Waals surface area contributed by atoms with Crippen molar-refractivity contribution in [1.29, 1.82) is 0 Å². The van der Waals surface area contributed by atoms with Gasteiger partial charge in [-0.1, -0.05) is 36.4 Å². The minimum atomic E-state index is -0.421. The van der Waals surface area contributed by atoms with E-state index in [1.165, 1.54) is 0 Å². The fraction of sp³-hybridized carbons (Fsp3) is 0.133. The molecule has 0 unspecified atom stereocenters. The van der Waals surface area contributed by atoms with Crippen molar-refractivity contribution in [3.63, 3.8) is 0 Å². The SMILES string of the molecule is O=C(CCCCF)Nc1cccc(Oc2cccc(Oc3cccc(NC(=O)c4ccccc4)c3)c2)c1. The summed E-state index contributed by atoms with van der Waals surface area (Å²) in [4.78, 5) is 24.5. The van der Waals surface area contributed by atoms with Crippen molar-refractivity contribution in [1.82, 2.24) is 0 Å². The van der Waals surface area contributed by atoms with E-state index in [1.54, 1.807) is 78.9 Å². The third-order valence-corrected chi connectivity index (χ3v) is 5.31. The van der Waals surface area contributed by atoms with Gasteiger partial charge in [-0.05, 0) is 61.4 Å². The molecule has 0 heterocycles. The van der Waals surface area contributed by atoms with E-state index >= 15 is 0 Å². The molecule has 6 nitrogen and oxygen atoms in total. The summed E-state index contributed by atoms with van der Waals surface area (Å²) < 4.78 is 24.2. The van der Waals surface area contributed by atoms with Crippen LogP contribution in [-0.2, 0) is 4.79 Å². The van der Waals surface area contributed by atoms with E-state index in [1.807, 2.05) is 24.3 Å². The molecule has 0 atom stereocenters. The Kier molecular flexibility index (Phi) is 8.86. The molecule has 0 spiro atoms. The maximum absolute atomic E-state index is 12.4. The number of ether oxygens (including phenoxy) is 2. The highest BCUT2D eigenvalue weighted by Crippen LogP contribution is 2.30. The van der Waals surface area contributed by atoms with Crippen molar-refractivity contribution in [3.8, 4) is 23.0 Å². The molecule has 2 N–H and O–H groups in total. The normalized spacial score (nSPS) is 10.4. The van der Waals surface area contributed by atoms with Gasteiger partial charge in [-0.15, -0.1) is 0 Å². The summed E-state index contributed by atoms with van der Waals surface area (Å²) in [5.41, 5.74) is 1.78. The Labute approximate surface area is 215 Å². The standard InChI is InChI=1S/C30H27FN2O4/c31-18-5-4-17-29(34)32-23-11-6-13-25(19-23)36-27-15-8-16-28(21-27)37-26-14-7-12-24(20-26)33-30(35)22-9-2-1-3-10-22/h1-3,6-16,19-21H,4-5,17-18H2,(H,32,34)(H,33,35). The highest BCUT2D eigenvalue weighted by Gasteiger charge is 2.08. The first-order valence-corrected chi connectivity index (χ1v) is 12.0. The van der Waals surface area contributed by atoms with Crippen LogP contribution in [-0.4, -0.2) is 18.5 Å². The lowest BCUT2D eigenvalue weighted by molar-refractivity contribution is -0.116. The molecule has 0 aliphatic rings. The van der Waals surface area contributed by atoms with Crippen molar-refractivity contribution in [2.75, 3.05) is 17.3 Å². The predicted octanol–water partition coefficient (Wildman–Crippen LogP) is 7.60. The summed E-state index contributed by atoms with van der Waals surface area (Å²) in [6, 6.07) is 30.3. The largest absolute Gasteiger partial charge is 0.457 e. The van der Waals surface area contributed by atoms with Crippen LogP contribution in [0.15, 0.2) is 103 Å². The Morgan fingerprint density at radius 2 is 1.16 bits per heavy atom. The van der Waals surface area contributed by atoms with Gasteiger partial charge in [0.2, 0.25) is 5.91 Å². The van der Waals surface area contributed by atoms with Crippen molar-refractivity contribution in [2.24, 2.45) is 0 Å². The average Bonchev–Trinajstić information content (AvgIpc) is 2.90. The second-order valence-corrected chi connectivity index (χ2v) is 8.25. The molecule has 0 radical (unpaired) electrons. The highest BCUT2D eigenvalue weighted by molar-refractivity contribution is 6.04. The third-order valence-electron chi connectivity index (χ3n) is 5.31. The van der Waals surface area contributed by atoms with Gasteiger partial charge in [0.05, 0.1) is 6.67 Å². The Balaban J connectivity index is 1.38. The zero-order valence-corrected chi connectivity index (χ0v) is 20.2. The first-order valence-electron chi connectivity index (χ1n) is 12.0. The van der Waals surface area contributed by atoms with Gasteiger partial charge < -0.3 is 20.1 Å². The van der Waals surface area contributed by atoms with E-state index in [4.69, 9.17) is 9.47 Å². The molecule has 37 heavy (non-hydrogen) atoms. The van der Waals surface area contributed by atoms with Crippen molar-refractivity contribution >= 4 is 23.2 Å². The molecule has 0 aromatic heterocycles. The van der Waals surface area contributed by atoms with Crippen LogP contribution in [0.4, 0.5) is 15.8 Å². The van der Waals surface area contributed by atoms with Gasteiger partial charge in [-0.3, -0.25) is 14.0 Å². The second-order valence-electron chi connectivity index (χ2n) is 8.25. The lowest BCUT2D eigenvalue weighted by Gasteiger charge is -2.12. The number of alkyl halides is 1. The minimum Gasteiger partial charge on any atom is -0.457 e. The van der Waals surface area contributed by atoms with E-state index in [0.29, 0.717) is 52.8 Å². The van der Waals surface area contributed by atoms with Crippen LogP contribution in [0.25, 0.3) is 0 Å². The van der Waals surface area contributed by atoms with Crippen LogP contribution in [0.2, 0.25) is 0 Å². The van der Waals surface area contributed by atoms with Gasteiger partial charge in [0.25, 0.3) is 5.91 Å². The smallest absolute Gasteiger partial charge is 0.255 e. The zero-order valence-electron chi connectivity index (χ0n) is 20.2. The van der Waals surface area contributed by atoms with Gasteiger partial charge in [0.15, 0.2) is 0 Å². The first kappa shape index (κ1) is 25.4. The molecular weight excluding hydrogens is 471 g/mol. The fourth-order valence-corrected chi connectivity index (χ4v) is 3.54. The lowest BCUT2D eigenvalue weighted by Crippen LogP contribution is -2.11. The van der Waals surface area contributed by atoms with Crippen LogP contribution in [0.3, 0.4) is 0 Å². The molecule has 0 aliphatic carbocycles. The summed E-state index contributed by atoms with van der Waals surface area (Å²) in [6.07, 6.45) is 1.15. The number of anilines is 2. The molecule has 0 saturated heterocycles. The maximum Gasteiger partial charge on any atom is 0.255 e. The summed E-state index contributed by atoms with van der Waals surface area (Å²) in [6.45, 7) is -0.421. The Hall–Kier alpha value is -4.65. The average molecular weight is 499 g/mol. The van der Waals surface area contributed by atoms with Gasteiger partial charge in [0.1, 0.15) is 23.0 Å². The van der Waals surface area contributed by atoms with Crippen LogP contribution in [0.5, 0.6) is 23.0 Å². The van der Waals surface area contributed by atoms with E-state index in [-0.39, 0.29) is 18.2 Å². The summed E-state index contributed by atoms with van der Waals surface area (Å²) >= 11 is 0. The van der Waals surface area contributed by atoms with Gasteiger partial charge in [-0.25, -0.2) is 0 Å². The fourth-order valence-electron chi connectivity index (χ4n) is 3.54. The van der Waals surface area contributed by atoms with E-state index in [2.05, 4.69) is 10.6 Å². The molecule has 0 saturated carbocycles. The van der Waals surface area contributed by atoms with E-state index < -0.39 is 6.67 Å².